The summed E-state index contributed by atoms with van der Waals surface area (Å²) in [5.41, 5.74) is 2.40. The van der Waals surface area contributed by atoms with Gasteiger partial charge in [0, 0.05) is 28.5 Å². The van der Waals surface area contributed by atoms with Crippen LogP contribution in [0.4, 0.5) is 11.4 Å². The van der Waals surface area contributed by atoms with Gasteiger partial charge in [0.1, 0.15) is 0 Å². The Bertz CT molecular complexity index is 1080. The van der Waals surface area contributed by atoms with Gasteiger partial charge < -0.3 is 10.6 Å². The summed E-state index contributed by atoms with van der Waals surface area (Å²) in [5.74, 6) is -0.817. The van der Waals surface area contributed by atoms with Crippen LogP contribution in [0.2, 0.25) is 0 Å². The van der Waals surface area contributed by atoms with Crippen LogP contribution < -0.4 is 10.6 Å². The zero-order chi connectivity index (χ0) is 21.0. The summed E-state index contributed by atoms with van der Waals surface area (Å²) in [5, 5.41) is 20.0. The van der Waals surface area contributed by atoms with Crippen molar-refractivity contribution in [3.63, 3.8) is 0 Å². The Morgan fingerprint density at radius 2 is 1.93 bits per heavy atom. The van der Waals surface area contributed by atoms with E-state index in [-0.39, 0.29) is 23.7 Å². The van der Waals surface area contributed by atoms with Gasteiger partial charge in [0.05, 0.1) is 28.9 Å². The molecule has 0 bridgehead atoms. The Balaban J connectivity index is 1.57. The van der Waals surface area contributed by atoms with Gasteiger partial charge in [-0.2, -0.15) is 5.10 Å². The highest BCUT2D eigenvalue weighted by Crippen LogP contribution is 2.20. The lowest BCUT2D eigenvalue weighted by Crippen LogP contribution is -2.32. The maximum absolute atomic E-state index is 12.2. The molecule has 1 heterocycles. The van der Waals surface area contributed by atoms with E-state index in [2.05, 4.69) is 31.7 Å². The molecule has 0 aliphatic carbocycles. The van der Waals surface area contributed by atoms with E-state index >= 15 is 0 Å². The fraction of sp³-hybridized carbons (Fsp3) is 0.105. The number of hydrogen-bond acceptors (Lipinski definition) is 5. The second-order valence-electron chi connectivity index (χ2n) is 6.14. The van der Waals surface area contributed by atoms with Gasteiger partial charge in [0.25, 0.3) is 11.6 Å². The standard InChI is InChI=1S/C19H16BrN5O4/c1-12-8-14(2-7-17(12)20)23-18(26)10-21-19(27)13-9-22-24(11-13)15-3-5-16(6-4-15)25(28)29/h2-9,11H,10H2,1H3,(H,21,27)(H,23,26). The molecular weight excluding hydrogens is 442 g/mol. The molecule has 29 heavy (non-hydrogen) atoms. The minimum atomic E-state index is -0.494. The molecule has 0 spiro atoms. The molecule has 0 atom stereocenters. The van der Waals surface area contributed by atoms with Crippen LogP contribution in [0.15, 0.2) is 59.3 Å². The van der Waals surface area contributed by atoms with Crippen LogP contribution in [0.5, 0.6) is 0 Å². The summed E-state index contributed by atoms with van der Waals surface area (Å²) in [4.78, 5) is 34.5. The van der Waals surface area contributed by atoms with E-state index in [4.69, 9.17) is 0 Å². The van der Waals surface area contributed by atoms with Gasteiger partial charge in [0.2, 0.25) is 5.91 Å². The van der Waals surface area contributed by atoms with Crippen molar-refractivity contribution in [3.8, 4) is 5.69 Å². The first-order valence-corrected chi connectivity index (χ1v) is 9.26. The van der Waals surface area contributed by atoms with E-state index in [9.17, 15) is 19.7 Å². The van der Waals surface area contributed by atoms with Crippen molar-refractivity contribution < 1.29 is 14.5 Å². The number of nitrogens with one attached hydrogen (secondary N) is 2. The topological polar surface area (TPSA) is 119 Å². The van der Waals surface area contributed by atoms with Gasteiger partial charge in [-0.25, -0.2) is 4.68 Å². The molecule has 2 N–H and O–H groups in total. The van der Waals surface area contributed by atoms with Crippen LogP contribution in [-0.2, 0) is 4.79 Å². The van der Waals surface area contributed by atoms with Gasteiger partial charge in [0.15, 0.2) is 0 Å². The number of halogens is 1. The number of nitro benzene ring substituents is 1. The van der Waals surface area contributed by atoms with Crippen molar-refractivity contribution in [3.05, 3.63) is 80.6 Å². The number of aromatic nitrogens is 2. The zero-order valence-corrected chi connectivity index (χ0v) is 16.8. The molecular formula is C19H16BrN5O4. The first-order valence-electron chi connectivity index (χ1n) is 8.47. The Labute approximate surface area is 174 Å². The van der Waals surface area contributed by atoms with E-state index in [1.54, 1.807) is 6.07 Å². The molecule has 0 unspecified atom stereocenters. The fourth-order valence-electron chi connectivity index (χ4n) is 2.50. The average Bonchev–Trinajstić information content (AvgIpc) is 3.19. The summed E-state index contributed by atoms with van der Waals surface area (Å²) in [6, 6.07) is 11.2. The molecule has 2 amide bonds. The van der Waals surface area contributed by atoms with Crippen molar-refractivity contribution >= 4 is 39.1 Å². The number of carbonyl (C=O) groups excluding carboxylic acids is 2. The Kier molecular flexibility index (Phi) is 6.03. The van der Waals surface area contributed by atoms with E-state index < -0.39 is 10.8 Å². The Morgan fingerprint density at radius 1 is 1.21 bits per heavy atom. The first-order chi connectivity index (χ1) is 13.8. The van der Waals surface area contributed by atoms with E-state index in [0.29, 0.717) is 11.4 Å². The third-order valence-corrected chi connectivity index (χ3v) is 4.91. The van der Waals surface area contributed by atoms with Gasteiger partial charge in [-0.15, -0.1) is 0 Å². The normalized spacial score (nSPS) is 10.4. The summed E-state index contributed by atoms with van der Waals surface area (Å²) >= 11 is 3.39. The number of benzene rings is 2. The Morgan fingerprint density at radius 3 is 2.59 bits per heavy atom. The highest BCUT2D eigenvalue weighted by molar-refractivity contribution is 9.10. The van der Waals surface area contributed by atoms with Crippen molar-refractivity contribution in [2.24, 2.45) is 0 Å². The molecule has 1 aromatic heterocycles. The first kappa shape index (κ1) is 20.2. The number of hydrogen-bond donors (Lipinski definition) is 2. The monoisotopic (exact) mass is 457 g/mol. The zero-order valence-electron chi connectivity index (χ0n) is 15.3. The number of non-ortho nitro benzene ring substituents is 1. The number of amides is 2. The molecule has 0 fully saturated rings. The van der Waals surface area contributed by atoms with Crippen LogP contribution in [-0.4, -0.2) is 33.1 Å². The van der Waals surface area contributed by atoms with Crippen molar-refractivity contribution in [1.29, 1.82) is 0 Å². The van der Waals surface area contributed by atoms with Crippen molar-refractivity contribution in [2.75, 3.05) is 11.9 Å². The molecule has 3 aromatic rings. The summed E-state index contributed by atoms with van der Waals surface area (Å²) < 4.78 is 2.36. The van der Waals surface area contributed by atoms with Crippen LogP contribution in [0.1, 0.15) is 15.9 Å². The predicted octanol–water partition coefficient (Wildman–Crippen LogP) is 3.22. The van der Waals surface area contributed by atoms with Crippen molar-refractivity contribution in [2.45, 2.75) is 6.92 Å². The minimum Gasteiger partial charge on any atom is -0.343 e. The van der Waals surface area contributed by atoms with Crippen LogP contribution in [0.25, 0.3) is 5.69 Å². The van der Waals surface area contributed by atoms with E-state index in [1.807, 2.05) is 19.1 Å². The molecule has 0 radical (unpaired) electrons. The number of nitrogens with zero attached hydrogens (tertiary/aromatic N) is 3. The van der Waals surface area contributed by atoms with E-state index in [1.165, 1.54) is 41.3 Å². The third-order valence-electron chi connectivity index (χ3n) is 4.02. The number of nitro groups is 1. The summed E-state index contributed by atoms with van der Waals surface area (Å²) in [6.07, 6.45) is 2.83. The van der Waals surface area contributed by atoms with Gasteiger partial charge in [-0.1, -0.05) is 15.9 Å². The lowest BCUT2D eigenvalue weighted by Gasteiger charge is -2.08. The molecule has 148 valence electrons. The Hall–Kier alpha value is -3.53. The summed E-state index contributed by atoms with van der Waals surface area (Å²) in [7, 11) is 0. The molecule has 9 nitrogen and oxygen atoms in total. The third kappa shape index (κ3) is 5.05. The number of anilines is 1. The van der Waals surface area contributed by atoms with Gasteiger partial charge in [-0.05, 0) is 42.8 Å². The van der Waals surface area contributed by atoms with Gasteiger partial charge in [-0.3, -0.25) is 19.7 Å². The number of aryl methyl sites for hydroxylation is 1. The highest BCUT2D eigenvalue weighted by atomic mass is 79.9. The number of rotatable bonds is 6. The predicted molar refractivity (Wildman–Crippen MR) is 110 cm³/mol. The van der Waals surface area contributed by atoms with E-state index in [0.717, 1.165) is 10.0 Å². The van der Waals surface area contributed by atoms with Crippen LogP contribution in [0.3, 0.4) is 0 Å². The molecule has 0 aliphatic heterocycles. The quantitative estimate of drug-likeness (QED) is 0.434. The van der Waals surface area contributed by atoms with Crippen LogP contribution in [0, 0.1) is 17.0 Å². The SMILES string of the molecule is Cc1cc(NC(=O)CNC(=O)c2cnn(-c3ccc([N+](=O)[O-])cc3)c2)ccc1Br. The largest absolute Gasteiger partial charge is 0.343 e. The minimum absolute atomic E-state index is 0.0362. The summed E-state index contributed by atoms with van der Waals surface area (Å²) in [6.45, 7) is 1.71. The molecule has 0 aliphatic rings. The van der Waals surface area contributed by atoms with Crippen molar-refractivity contribution in [1.82, 2.24) is 15.1 Å². The second-order valence-corrected chi connectivity index (χ2v) is 7.00. The molecule has 3 rings (SSSR count). The van der Waals surface area contributed by atoms with Gasteiger partial charge >= 0.3 is 0 Å². The maximum Gasteiger partial charge on any atom is 0.269 e. The average molecular weight is 458 g/mol. The lowest BCUT2D eigenvalue weighted by atomic mass is 10.2. The molecule has 0 saturated carbocycles. The highest BCUT2D eigenvalue weighted by Gasteiger charge is 2.12. The number of carbonyl (C=O) groups is 2. The molecule has 10 heteroatoms. The lowest BCUT2D eigenvalue weighted by molar-refractivity contribution is -0.384. The molecule has 2 aromatic carbocycles. The second kappa shape index (κ2) is 8.65. The smallest absolute Gasteiger partial charge is 0.269 e. The van der Waals surface area contributed by atoms with Crippen LogP contribution >= 0.6 is 15.9 Å². The maximum atomic E-state index is 12.2. The molecule has 0 saturated heterocycles. The fourth-order valence-corrected chi connectivity index (χ4v) is 2.75.